The molecule has 0 aliphatic rings. The molecule has 0 fully saturated rings. The topological polar surface area (TPSA) is 65.2 Å². The minimum Gasteiger partial charge on any atom is -0.492 e. The molecule has 1 rings (SSSR count). The van der Waals surface area contributed by atoms with Gasteiger partial charge < -0.3 is 10.5 Å². The summed E-state index contributed by atoms with van der Waals surface area (Å²) in [6.07, 6.45) is 3.69. The Morgan fingerprint density at radius 2 is 2.19 bits per heavy atom. The molecule has 1 unspecified atom stereocenters. The van der Waals surface area contributed by atoms with E-state index < -0.39 is 5.54 Å². The zero-order valence-electron chi connectivity index (χ0n) is 9.99. The molecule has 0 saturated carbocycles. The normalized spacial score (nSPS) is 14.2. The van der Waals surface area contributed by atoms with E-state index in [1.165, 1.54) is 6.20 Å². The Morgan fingerprint density at radius 3 is 2.75 bits per heavy atom. The number of carbonyl (C=O) groups is 1. The van der Waals surface area contributed by atoms with E-state index in [1.807, 2.05) is 13.8 Å². The van der Waals surface area contributed by atoms with E-state index in [4.69, 9.17) is 10.5 Å². The SMILES string of the molecule is CCOc1cncc(C(=O)C(C)(N)CC)c1. The summed E-state index contributed by atoms with van der Waals surface area (Å²) in [6.45, 7) is 6.04. The zero-order valence-corrected chi connectivity index (χ0v) is 9.99. The highest BCUT2D eigenvalue weighted by Gasteiger charge is 2.27. The van der Waals surface area contributed by atoms with Gasteiger partial charge in [-0.15, -0.1) is 0 Å². The van der Waals surface area contributed by atoms with Crippen LogP contribution >= 0.6 is 0 Å². The lowest BCUT2D eigenvalue weighted by Crippen LogP contribution is -2.44. The molecule has 0 saturated heterocycles. The fourth-order valence-corrected chi connectivity index (χ4v) is 1.28. The van der Waals surface area contributed by atoms with Crippen LogP contribution < -0.4 is 10.5 Å². The Balaban J connectivity index is 2.96. The number of aromatic nitrogens is 1. The van der Waals surface area contributed by atoms with E-state index in [0.717, 1.165) is 0 Å². The number of hydrogen-bond acceptors (Lipinski definition) is 4. The van der Waals surface area contributed by atoms with Gasteiger partial charge in [0.2, 0.25) is 0 Å². The second kappa shape index (κ2) is 5.07. The van der Waals surface area contributed by atoms with Gasteiger partial charge in [-0.25, -0.2) is 0 Å². The molecular weight excluding hydrogens is 204 g/mol. The van der Waals surface area contributed by atoms with Gasteiger partial charge in [0.1, 0.15) is 5.75 Å². The van der Waals surface area contributed by atoms with Crippen LogP contribution in [0.15, 0.2) is 18.5 Å². The first-order valence-corrected chi connectivity index (χ1v) is 5.42. The summed E-state index contributed by atoms with van der Waals surface area (Å²) >= 11 is 0. The summed E-state index contributed by atoms with van der Waals surface area (Å²) in [7, 11) is 0. The molecule has 1 atom stereocenters. The molecule has 1 aromatic rings. The third-order valence-corrected chi connectivity index (χ3v) is 2.54. The van der Waals surface area contributed by atoms with E-state index in [9.17, 15) is 4.79 Å². The number of nitrogens with two attached hydrogens (primary N) is 1. The monoisotopic (exact) mass is 222 g/mol. The number of ether oxygens (including phenoxy) is 1. The number of Topliss-reactive ketones (excluding diaryl/α,β-unsaturated/α-hetero) is 1. The van der Waals surface area contributed by atoms with E-state index in [1.54, 1.807) is 19.2 Å². The van der Waals surface area contributed by atoms with E-state index >= 15 is 0 Å². The van der Waals surface area contributed by atoms with Crippen molar-refractivity contribution < 1.29 is 9.53 Å². The largest absolute Gasteiger partial charge is 0.492 e. The van der Waals surface area contributed by atoms with Crippen LogP contribution in [0.1, 0.15) is 37.6 Å². The highest BCUT2D eigenvalue weighted by Crippen LogP contribution is 2.17. The van der Waals surface area contributed by atoms with Gasteiger partial charge in [0.25, 0.3) is 0 Å². The van der Waals surface area contributed by atoms with Gasteiger partial charge >= 0.3 is 0 Å². The molecule has 4 nitrogen and oxygen atoms in total. The minimum atomic E-state index is -0.841. The standard InChI is InChI=1S/C12H18N2O2/c1-4-12(3,13)11(15)9-6-10(16-5-2)8-14-7-9/h6-8H,4-5,13H2,1-3H3. The number of hydrogen-bond donors (Lipinski definition) is 1. The molecule has 0 amide bonds. The molecule has 4 heteroatoms. The van der Waals surface area contributed by atoms with Crippen LogP contribution in [0.5, 0.6) is 5.75 Å². The molecule has 1 heterocycles. The third kappa shape index (κ3) is 2.79. The van der Waals surface area contributed by atoms with Gasteiger partial charge in [-0.3, -0.25) is 9.78 Å². The first-order chi connectivity index (χ1) is 7.51. The number of rotatable bonds is 5. The average molecular weight is 222 g/mol. The molecule has 0 radical (unpaired) electrons. The van der Waals surface area contributed by atoms with Crippen LogP contribution in [0.3, 0.4) is 0 Å². The predicted octanol–water partition coefficient (Wildman–Crippen LogP) is 1.79. The van der Waals surface area contributed by atoms with Gasteiger partial charge in [-0.2, -0.15) is 0 Å². The lowest BCUT2D eigenvalue weighted by atomic mass is 9.90. The van der Waals surface area contributed by atoms with Gasteiger partial charge in [-0.1, -0.05) is 6.92 Å². The Hall–Kier alpha value is -1.42. The van der Waals surface area contributed by atoms with Crippen molar-refractivity contribution in [2.24, 2.45) is 5.73 Å². The molecule has 88 valence electrons. The quantitative estimate of drug-likeness (QED) is 0.771. The van der Waals surface area contributed by atoms with Gasteiger partial charge in [0.05, 0.1) is 18.3 Å². The maximum absolute atomic E-state index is 12.0. The van der Waals surface area contributed by atoms with Crippen molar-refractivity contribution in [1.29, 1.82) is 0 Å². The summed E-state index contributed by atoms with van der Waals surface area (Å²) in [5.74, 6) is 0.490. The van der Waals surface area contributed by atoms with Crippen molar-refractivity contribution in [2.75, 3.05) is 6.61 Å². The average Bonchev–Trinajstić information content (AvgIpc) is 2.29. The van der Waals surface area contributed by atoms with Crippen LogP contribution in [-0.2, 0) is 0 Å². The zero-order chi connectivity index (χ0) is 12.2. The van der Waals surface area contributed by atoms with Crippen LogP contribution in [-0.4, -0.2) is 22.9 Å². The van der Waals surface area contributed by atoms with Crippen LogP contribution in [0, 0.1) is 0 Å². The molecule has 0 spiro atoms. The molecule has 2 N–H and O–H groups in total. The number of pyridine rings is 1. The molecule has 0 bridgehead atoms. The Labute approximate surface area is 95.8 Å². The number of ketones is 1. The summed E-state index contributed by atoms with van der Waals surface area (Å²) < 4.78 is 5.29. The van der Waals surface area contributed by atoms with Crippen molar-refractivity contribution in [1.82, 2.24) is 4.98 Å². The summed E-state index contributed by atoms with van der Waals surface area (Å²) in [5.41, 5.74) is 5.55. The number of carbonyl (C=O) groups excluding carboxylic acids is 1. The van der Waals surface area contributed by atoms with E-state index in [0.29, 0.717) is 24.3 Å². The smallest absolute Gasteiger partial charge is 0.184 e. The van der Waals surface area contributed by atoms with Crippen LogP contribution in [0.25, 0.3) is 0 Å². The van der Waals surface area contributed by atoms with E-state index in [2.05, 4.69) is 4.98 Å². The molecule has 0 aliphatic carbocycles. The molecule has 0 aromatic carbocycles. The van der Waals surface area contributed by atoms with Gasteiger partial charge in [-0.05, 0) is 26.3 Å². The fraction of sp³-hybridized carbons (Fsp3) is 0.500. The van der Waals surface area contributed by atoms with Crippen molar-refractivity contribution in [3.8, 4) is 5.75 Å². The summed E-state index contributed by atoms with van der Waals surface area (Å²) in [4.78, 5) is 16.0. The second-order valence-corrected chi connectivity index (χ2v) is 3.94. The van der Waals surface area contributed by atoms with Crippen molar-refractivity contribution in [2.45, 2.75) is 32.7 Å². The summed E-state index contributed by atoms with van der Waals surface area (Å²) in [6, 6.07) is 1.68. The maximum atomic E-state index is 12.0. The van der Waals surface area contributed by atoms with Crippen molar-refractivity contribution >= 4 is 5.78 Å². The van der Waals surface area contributed by atoms with E-state index in [-0.39, 0.29) is 5.78 Å². The lowest BCUT2D eigenvalue weighted by molar-refractivity contribution is 0.0897. The summed E-state index contributed by atoms with van der Waals surface area (Å²) in [5, 5.41) is 0. The van der Waals surface area contributed by atoms with Crippen molar-refractivity contribution in [3.63, 3.8) is 0 Å². The van der Waals surface area contributed by atoms with Crippen LogP contribution in [0.2, 0.25) is 0 Å². The minimum absolute atomic E-state index is 0.107. The first-order valence-electron chi connectivity index (χ1n) is 5.42. The van der Waals surface area contributed by atoms with Crippen LogP contribution in [0.4, 0.5) is 0 Å². The third-order valence-electron chi connectivity index (χ3n) is 2.54. The highest BCUT2D eigenvalue weighted by atomic mass is 16.5. The van der Waals surface area contributed by atoms with Gasteiger partial charge in [0, 0.05) is 11.8 Å². The highest BCUT2D eigenvalue weighted by molar-refractivity contribution is 6.02. The molecule has 16 heavy (non-hydrogen) atoms. The molecule has 0 aliphatic heterocycles. The Morgan fingerprint density at radius 1 is 1.50 bits per heavy atom. The Kier molecular flexibility index (Phi) is 4.01. The molecular formula is C12H18N2O2. The molecule has 1 aromatic heterocycles. The second-order valence-electron chi connectivity index (χ2n) is 3.94. The van der Waals surface area contributed by atoms with Gasteiger partial charge in [0.15, 0.2) is 5.78 Å². The maximum Gasteiger partial charge on any atom is 0.184 e. The predicted molar refractivity (Wildman–Crippen MR) is 62.6 cm³/mol. The first kappa shape index (κ1) is 12.6. The van der Waals surface area contributed by atoms with Crippen molar-refractivity contribution in [3.05, 3.63) is 24.0 Å². The Bertz CT molecular complexity index is 375. The fourth-order valence-electron chi connectivity index (χ4n) is 1.28. The lowest BCUT2D eigenvalue weighted by Gasteiger charge is -2.20. The number of nitrogens with zero attached hydrogens (tertiary/aromatic N) is 1.